The van der Waals surface area contributed by atoms with Crippen molar-refractivity contribution in [3.05, 3.63) is 41.8 Å². The van der Waals surface area contributed by atoms with Crippen LogP contribution in [0.25, 0.3) is 0 Å². The van der Waals surface area contributed by atoms with Gasteiger partial charge >= 0.3 is 0 Å². The fraction of sp³-hybridized carbons (Fsp3) is 0.167. The maximum Gasteiger partial charge on any atom is 0.152 e. The summed E-state index contributed by atoms with van der Waals surface area (Å²) in [4.78, 5) is 7.87. The third kappa shape index (κ3) is 2.89. The molecule has 2 aromatic rings. The van der Waals surface area contributed by atoms with Crippen LogP contribution >= 0.6 is 18.7 Å². The number of nitrogens with zero attached hydrogens (tertiary/aromatic N) is 2. The van der Waals surface area contributed by atoms with E-state index in [1.54, 1.807) is 13.3 Å². The first-order valence-corrected chi connectivity index (χ1v) is 8.33. The number of para-hydroxylation sites is 1. The molecule has 1 aromatic carbocycles. The number of benzene rings is 1. The summed E-state index contributed by atoms with van der Waals surface area (Å²) in [5, 5.41) is 4.29. The number of aromatic nitrogens is 2. The van der Waals surface area contributed by atoms with Crippen molar-refractivity contribution >= 4 is 35.6 Å². The Morgan fingerprint density at radius 2 is 2.00 bits per heavy atom. The van der Waals surface area contributed by atoms with E-state index in [0.717, 1.165) is 11.0 Å². The van der Waals surface area contributed by atoms with E-state index in [4.69, 9.17) is 11.6 Å². The Morgan fingerprint density at radius 3 is 2.67 bits per heavy atom. The molecule has 0 aliphatic heterocycles. The zero-order valence-electron chi connectivity index (χ0n) is 10.1. The van der Waals surface area contributed by atoms with Crippen LogP contribution in [0.3, 0.4) is 0 Å². The summed E-state index contributed by atoms with van der Waals surface area (Å²) in [6, 6.07) is 7.43. The quantitative estimate of drug-likeness (QED) is 0.878. The van der Waals surface area contributed by atoms with Crippen LogP contribution in [0.5, 0.6) is 0 Å². The first-order chi connectivity index (χ1) is 8.48. The summed E-state index contributed by atoms with van der Waals surface area (Å²) in [6.07, 6.45) is 2.92. The van der Waals surface area contributed by atoms with Gasteiger partial charge in [0.2, 0.25) is 0 Å². The third-order valence-corrected chi connectivity index (χ3v) is 4.23. The molecule has 0 atom stereocenters. The third-order valence-electron chi connectivity index (χ3n) is 2.40. The molecular weight excluding hydrogens is 269 g/mol. The number of anilines is 2. The van der Waals surface area contributed by atoms with Crippen LogP contribution in [-0.4, -0.2) is 23.3 Å². The molecule has 1 N–H and O–H groups in total. The van der Waals surface area contributed by atoms with Crippen LogP contribution in [0.15, 0.2) is 36.8 Å². The average Bonchev–Trinajstić information content (AvgIpc) is 2.31. The maximum absolute atomic E-state index is 12.2. The molecule has 0 radical (unpaired) electrons. The summed E-state index contributed by atoms with van der Waals surface area (Å²) < 4.78 is 12.2. The maximum atomic E-state index is 12.2. The molecule has 1 heterocycles. The van der Waals surface area contributed by atoms with Gasteiger partial charge in [-0.15, -0.1) is 0 Å². The van der Waals surface area contributed by atoms with Gasteiger partial charge in [0.1, 0.15) is 18.5 Å². The Bertz CT molecular complexity index is 612. The predicted octanol–water partition coefficient (Wildman–Crippen LogP) is 3.12. The molecule has 0 spiro atoms. The summed E-state index contributed by atoms with van der Waals surface area (Å²) in [5.74, 6) is 0.507. The van der Waals surface area contributed by atoms with Gasteiger partial charge in [-0.1, -0.05) is 23.7 Å². The Balaban J connectivity index is 2.42. The van der Waals surface area contributed by atoms with E-state index in [1.165, 1.54) is 12.5 Å². The van der Waals surface area contributed by atoms with E-state index in [2.05, 4.69) is 15.3 Å². The zero-order chi connectivity index (χ0) is 13.2. The van der Waals surface area contributed by atoms with Crippen molar-refractivity contribution < 1.29 is 4.57 Å². The van der Waals surface area contributed by atoms with Crippen LogP contribution in [0.1, 0.15) is 0 Å². The molecule has 1 aromatic heterocycles. The highest BCUT2D eigenvalue weighted by atomic mass is 35.5. The van der Waals surface area contributed by atoms with Crippen LogP contribution in [0.2, 0.25) is 5.02 Å². The molecule has 0 saturated heterocycles. The molecule has 4 nitrogen and oxygen atoms in total. The number of nitrogens with one attached hydrogen (secondary N) is 1. The van der Waals surface area contributed by atoms with E-state index in [-0.39, 0.29) is 0 Å². The van der Waals surface area contributed by atoms with Crippen molar-refractivity contribution in [3.8, 4) is 0 Å². The van der Waals surface area contributed by atoms with Crippen LogP contribution in [0.4, 0.5) is 11.5 Å². The molecule has 0 fully saturated rings. The van der Waals surface area contributed by atoms with Gasteiger partial charge in [0, 0.05) is 5.30 Å². The van der Waals surface area contributed by atoms with Crippen LogP contribution in [0, 0.1) is 0 Å². The lowest BCUT2D eigenvalue weighted by molar-refractivity contribution is 0.588. The molecule has 6 heteroatoms. The van der Waals surface area contributed by atoms with E-state index in [0.29, 0.717) is 10.8 Å². The molecule has 0 aliphatic rings. The van der Waals surface area contributed by atoms with Crippen molar-refractivity contribution in [3.63, 3.8) is 0 Å². The topological polar surface area (TPSA) is 54.9 Å². The van der Waals surface area contributed by atoms with Gasteiger partial charge < -0.3 is 9.88 Å². The summed E-state index contributed by atoms with van der Waals surface area (Å²) >= 11 is 5.98. The van der Waals surface area contributed by atoms with Gasteiger partial charge in [0.15, 0.2) is 5.82 Å². The van der Waals surface area contributed by atoms with Gasteiger partial charge in [0.05, 0.1) is 11.9 Å². The largest absolute Gasteiger partial charge is 0.338 e. The number of hydrogen-bond donors (Lipinski definition) is 1. The predicted molar refractivity (Wildman–Crippen MR) is 75.9 cm³/mol. The first-order valence-electron chi connectivity index (χ1n) is 5.35. The summed E-state index contributed by atoms with van der Waals surface area (Å²) in [5.41, 5.74) is 0.756. The fourth-order valence-corrected chi connectivity index (χ4v) is 2.89. The van der Waals surface area contributed by atoms with Crippen molar-refractivity contribution in [2.24, 2.45) is 0 Å². The smallest absolute Gasteiger partial charge is 0.152 e. The molecule has 0 unspecified atom stereocenters. The lowest BCUT2D eigenvalue weighted by atomic mass is 10.3. The van der Waals surface area contributed by atoms with E-state index in [9.17, 15) is 4.57 Å². The number of rotatable bonds is 3. The highest BCUT2D eigenvalue weighted by Gasteiger charge is 2.16. The van der Waals surface area contributed by atoms with Crippen LogP contribution < -0.4 is 10.6 Å². The molecule has 0 aliphatic carbocycles. The van der Waals surface area contributed by atoms with Gasteiger partial charge in [-0.2, -0.15) is 0 Å². The Morgan fingerprint density at radius 1 is 1.28 bits per heavy atom. The second kappa shape index (κ2) is 5.09. The highest BCUT2D eigenvalue weighted by molar-refractivity contribution is 7.70. The minimum absolute atomic E-state index is 0.425. The van der Waals surface area contributed by atoms with Crippen LogP contribution in [-0.2, 0) is 4.57 Å². The highest BCUT2D eigenvalue weighted by Crippen LogP contribution is 2.38. The molecular formula is C12H13ClN3OP. The van der Waals surface area contributed by atoms with Crippen molar-refractivity contribution in [1.82, 2.24) is 9.97 Å². The molecule has 0 saturated carbocycles. The monoisotopic (exact) mass is 281 g/mol. The summed E-state index contributed by atoms with van der Waals surface area (Å²) in [7, 11) is -2.36. The van der Waals surface area contributed by atoms with Gasteiger partial charge in [-0.3, -0.25) is 0 Å². The van der Waals surface area contributed by atoms with E-state index >= 15 is 0 Å². The van der Waals surface area contributed by atoms with E-state index in [1.807, 2.05) is 24.3 Å². The molecule has 0 amide bonds. The SMILES string of the molecule is CP(C)(=O)c1ccccc1Nc1ncncc1Cl. The van der Waals surface area contributed by atoms with Crippen molar-refractivity contribution in [2.45, 2.75) is 0 Å². The second-order valence-electron chi connectivity index (χ2n) is 4.21. The van der Waals surface area contributed by atoms with Gasteiger partial charge in [-0.05, 0) is 25.5 Å². The average molecular weight is 282 g/mol. The molecule has 0 bridgehead atoms. The van der Waals surface area contributed by atoms with Gasteiger partial charge in [-0.25, -0.2) is 9.97 Å². The van der Waals surface area contributed by atoms with Crippen molar-refractivity contribution in [2.75, 3.05) is 18.6 Å². The standard InChI is InChI=1S/C12H13ClN3OP/c1-18(2,17)11-6-4-3-5-10(11)16-12-9(13)7-14-8-15-12/h3-8H,1-2H3,(H,14,15,16). The van der Waals surface area contributed by atoms with E-state index < -0.39 is 7.14 Å². The minimum atomic E-state index is -2.36. The minimum Gasteiger partial charge on any atom is -0.338 e. The van der Waals surface area contributed by atoms with Crippen molar-refractivity contribution in [1.29, 1.82) is 0 Å². The fourth-order valence-electron chi connectivity index (χ4n) is 1.58. The normalized spacial score (nSPS) is 11.3. The molecule has 2 rings (SSSR count). The Labute approximate surface area is 111 Å². The Kier molecular flexibility index (Phi) is 3.69. The summed E-state index contributed by atoms with van der Waals surface area (Å²) in [6.45, 7) is 3.46. The van der Waals surface area contributed by atoms with Gasteiger partial charge in [0.25, 0.3) is 0 Å². The number of halogens is 1. The molecule has 94 valence electrons. The zero-order valence-corrected chi connectivity index (χ0v) is 11.7. The first kappa shape index (κ1) is 13.1. The lowest BCUT2D eigenvalue weighted by Gasteiger charge is -2.14. The molecule has 18 heavy (non-hydrogen) atoms. The number of hydrogen-bond acceptors (Lipinski definition) is 4. The second-order valence-corrected chi connectivity index (χ2v) is 7.80. The lowest BCUT2D eigenvalue weighted by Crippen LogP contribution is -2.10. The Hall–Kier alpha value is -1.38.